The Kier molecular flexibility index (Phi) is 5.68. The van der Waals surface area contributed by atoms with Crippen LogP contribution in [0.4, 0.5) is 5.95 Å². The van der Waals surface area contributed by atoms with Crippen molar-refractivity contribution < 1.29 is 13.2 Å². The highest BCUT2D eigenvalue weighted by Crippen LogP contribution is 2.16. The molecule has 0 unspecified atom stereocenters. The van der Waals surface area contributed by atoms with Crippen molar-refractivity contribution in [3.05, 3.63) is 77.6 Å². The molecule has 7 nitrogen and oxygen atoms in total. The molecule has 0 radical (unpaired) electrons. The van der Waals surface area contributed by atoms with Gasteiger partial charge in [-0.3, -0.25) is 0 Å². The van der Waals surface area contributed by atoms with Crippen molar-refractivity contribution in [2.24, 2.45) is 0 Å². The lowest BCUT2D eigenvalue weighted by molar-refractivity contribution is 0.414. The van der Waals surface area contributed by atoms with Crippen molar-refractivity contribution in [3.63, 3.8) is 0 Å². The fraction of sp³-hybridized carbons (Fsp3) is 0.158. The Labute approximate surface area is 158 Å². The molecule has 3 aromatic rings. The second-order valence-electron chi connectivity index (χ2n) is 5.91. The number of anilines is 1. The summed E-state index contributed by atoms with van der Waals surface area (Å²) in [5, 5.41) is 0. The molecule has 1 aromatic heterocycles. The van der Waals surface area contributed by atoms with Crippen LogP contribution in [0.3, 0.4) is 0 Å². The van der Waals surface area contributed by atoms with Crippen LogP contribution in [0.5, 0.6) is 5.75 Å². The lowest BCUT2D eigenvalue weighted by Gasteiger charge is -2.09. The van der Waals surface area contributed by atoms with Gasteiger partial charge in [0.25, 0.3) is 0 Å². The Morgan fingerprint density at radius 3 is 2.63 bits per heavy atom. The maximum Gasteiger partial charge on any atom is 0.240 e. The second kappa shape index (κ2) is 8.15. The van der Waals surface area contributed by atoms with E-state index in [1.807, 2.05) is 18.2 Å². The molecule has 27 heavy (non-hydrogen) atoms. The number of methoxy groups -OCH3 is 1. The average Bonchev–Trinajstić information content (AvgIpc) is 2.67. The van der Waals surface area contributed by atoms with Crippen molar-refractivity contribution >= 4 is 16.0 Å². The number of rotatable bonds is 7. The third-order valence-electron chi connectivity index (χ3n) is 3.93. The lowest BCUT2D eigenvalue weighted by Crippen LogP contribution is -2.23. The summed E-state index contributed by atoms with van der Waals surface area (Å²) < 4.78 is 33.0. The van der Waals surface area contributed by atoms with Crippen LogP contribution in [0.25, 0.3) is 0 Å². The van der Waals surface area contributed by atoms with Gasteiger partial charge in [-0.05, 0) is 41.5 Å². The Hall–Kier alpha value is -2.97. The van der Waals surface area contributed by atoms with Crippen LogP contribution >= 0.6 is 0 Å². The van der Waals surface area contributed by atoms with E-state index in [2.05, 4.69) is 14.7 Å². The molecule has 140 valence electrons. The van der Waals surface area contributed by atoms with Crippen molar-refractivity contribution in [3.8, 4) is 5.75 Å². The van der Waals surface area contributed by atoms with Gasteiger partial charge in [0.15, 0.2) is 0 Å². The van der Waals surface area contributed by atoms with Crippen molar-refractivity contribution in [2.75, 3.05) is 12.8 Å². The van der Waals surface area contributed by atoms with Gasteiger partial charge < -0.3 is 10.5 Å². The fourth-order valence-electron chi connectivity index (χ4n) is 2.59. The maximum atomic E-state index is 12.6. The zero-order valence-electron chi connectivity index (χ0n) is 14.8. The van der Waals surface area contributed by atoms with Crippen LogP contribution < -0.4 is 15.2 Å². The normalized spacial score (nSPS) is 11.3. The number of ether oxygens (including phenoxy) is 1. The Morgan fingerprint density at radius 1 is 1.07 bits per heavy atom. The Morgan fingerprint density at radius 2 is 1.85 bits per heavy atom. The number of nitrogens with one attached hydrogen (secondary N) is 1. The molecule has 0 saturated heterocycles. The molecule has 2 aromatic carbocycles. The molecular weight excluding hydrogens is 364 g/mol. The van der Waals surface area contributed by atoms with Crippen LogP contribution in [0.15, 0.2) is 65.7 Å². The molecule has 3 N–H and O–H groups in total. The number of sulfonamides is 1. The van der Waals surface area contributed by atoms with Gasteiger partial charge in [0, 0.05) is 19.2 Å². The molecule has 0 spiro atoms. The highest BCUT2D eigenvalue weighted by molar-refractivity contribution is 7.89. The van der Waals surface area contributed by atoms with Gasteiger partial charge in [-0.1, -0.05) is 24.3 Å². The van der Waals surface area contributed by atoms with E-state index in [1.165, 1.54) is 0 Å². The largest absolute Gasteiger partial charge is 0.497 e. The van der Waals surface area contributed by atoms with Crippen molar-refractivity contribution in [2.45, 2.75) is 17.9 Å². The topological polar surface area (TPSA) is 107 Å². The summed E-state index contributed by atoms with van der Waals surface area (Å²) in [5.41, 5.74) is 7.94. The minimum absolute atomic E-state index is 0.173. The first-order chi connectivity index (χ1) is 13.0. The molecule has 0 fully saturated rings. The van der Waals surface area contributed by atoms with E-state index < -0.39 is 10.0 Å². The summed E-state index contributed by atoms with van der Waals surface area (Å²) in [6, 6.07) is 15.7. The Balaban J connectivity index is 1.74. The number of benzene rings is 2. The van der Waals surface area contributed by atoms with Crippen LogP contribution in [0.2, 0.25) is 0 Å². The van der Waals surface area contributed by atoms with E-state index >= 15 is 0 Å². The summed E-state index contributed by atoms with van der Waals surface area (Å²) in [6.45, 7) is 0.173. The molecule has 0 aliphatic heterocycles. The number of hydrogen-bond donors (Lipinski definition) is 2. The third-order valence-corrected chi connectivity index (χ3v) is 5.33. The summed E-state index contributed by atoms with van der Waals surface area (Å²) in [4.78, 5) is 8.20. The fourth-order valence-corrected chi connectivity index (χ4v) is 3.67. The van der Waals surface area contributed by atoms with Gasteiger partial charge in [0.1, 0.15) is 5.75 Å². The van der Waals surface area contributed by atoms with Crippen LogP contribution in [0.1, 0.15) is 16.8 Å². The summed E-state index contributed by atoms with van der Waals surface area (Å²) in [7, 11) is -2.08. The Bertz CT molecular complexity index is 1040. The first kappa shape index (κ1) is 18.8. The van der Waals surface area contributed by atoms with Crippen molar-refractivity contribution in [1.29, 1.82) is 0 Å². The summed E-state index contributed by atoms with van der Waals surface area (Å²) in [5.74, 6) is 0.869. The molecule has 1 heterocycles. The van der Waals surface area contributed by atoms with Gasteiger partial charge in [-0.15, -0.1) is 0 Å². The standard InChI is InChI=1S/C19H20N4O3S/c1-26-17-6-2-5-15(11-17)13-22-27(24,25)18-7-3-4-14(12-18)10-16-8-9-21-19(20)23-16/h2-9,11-12,22H,10,13H2,1H3,(H2,20,21,23). The number of aromatic nitrogens is 2. The molecule has 0 bridgehead atoms. The number of nitrogens with zero attached hydrogens (tertiary/aromatic N) is 2. The number of nitrogen functional groups attached to an aromatic ring is 1. The zero-order valence-corrected chi connectivity index (χ0v) is 15.6. The number of hydrogen-bond acceptors (Lipinski definition) is 6. The van der Waals surface area contributed by atoms with Gasteiger partial charge >= 0.3 is 0 Å². The monoisotopic (exact) mass is 384 g/mol. The molecule has 0 saturated carbocycles. The van der Waals surface area contributed by atoms with Crippen molar-refractivity contribution in [1.82, 2.24) is 14.7 Å². The highest BCUT2D eigenvalue weighted by atomic mass is 32.2. The van der Waals surface area contributed by atoms with Gasteiger partial charge in [0.2, 0.25) is 16.0 Å². The molecule has 0 aliphatic rings. The van der Waals surface area contributed by atoms with E-state index in [1.54, 1.807) is 49.7 Å². The molecule has 0 amide bonds. The third kappa shape index (κ3) is 5.02. The first-order valence-electron chi connectivity index (χ1n) is 8.25. The second-order valence-corrected chi connectivity index (χ2v) is 7.67. The average molecular weight is 384 g/mol. The lowest BCUT2D eigenvalue weighted by atomic mass is 10.1. The smallest absolute Gasteiger partial charge is 0.240 e. The first-order valence-corrected chi connectivity index (χ1v) is 9.73. The van der Waals surface area contributed by atoms with E-state index in [9.17, 15) is 8.42 Å². The zero-order chi connectivity index (χ0) is 19.3. The van der Waals surface area contributed by atoms with Gasteiger partial charge in [0.05, 0.1) is 17.7 Å². The summed E-state index contributed by atoms with van der Waals surface area (Å²) >= 11 is 0. The predicted molar refractivity (Wildman–Crippen MR) is 103 cm³/mol. The molecule has 3 rings (SSSR count). The minimum Gasteiger partial charge on any atom is -0.497 e. The van der Waals surface area contributed by atoms with E-state index in [-0.39, 0.29) is 17.4 Å². The maximum absolute atomic E-state index is 12.6. The SMILES string of the molecule is COc1cccc(CNS(=O)(=O)c2cccc(Cc3ccnc(N)n3)c2)c1. The van der Waals surface area contributed by atoms with Crippen LogP contribution in [-0.4, -0.2) is 25.5 Å². The molecule has 8 heteroatoms. The van der Waals surface area contributed by atoms with E-state index in [0.29, 0.717) is 12.2 Å². The number of nitrogens with two attached hydrogens (primary N) is 1. The quantitative estimate of drug-likeness (QED) is 0.646. The van der Waals surface area contributed by atoms with E-state index in [0.717, 1.165) is 16.8 Å². The predicted octanol–water partition coefficient (Wildman–Crippen LogP) is 2.14. The minimum atomic E-state index is -3.65. The van der Waals surface area contributed by atoms with E-state index in [4.69, 9.17) is 10.5 Å². The van der Waals surface area contributed by atoms with Gasteiger partial charge in [-0.25, -0.2) is 23.1 Å². The molecule has 0 aliphatic carbocycles. The van der Waals surface area contributed by atoms with Crippen LogP contribution in [-0.2, 0) is 23.0 Å². The van der Waals surface area contributed by atoms with Gasteiger partial charge in [-0.2, -0.15) is 0 Å². The molecular formula is C19H20N4O3S. The van der Waals surface area contributed by atoms with Crippen LogP contribution in [0, 0.1) is 0 Å². The summed E-state index contributed by atoms with van der Waals surface area (Å²) in [6.07, 6.45) is 2.04. The highest BCUT2D eigenvalue weighted by Gasteiger charge is 2.14. The molecule has 0 atom stereocenters.